The number of phenolic OH excluding ortho intramolecular Hbond substituents is 1. The minimum atomic E-state index is 0.264. The fourth-order valence-electron chi connectivity index (χ4n) is 2.99. The monoisotopic (exact) mass is 296 g/mol. The highest BCUT2D eigenvalue weighted by atomic mass is 35.5. The quantitative estimate of drug-likeness (QED) is 0.496. The van der Waals surface area contributed by atoms with Gasteiger partial charge in [-0.3, -0.25) is 0 Å². The number of phenols is 1. The van der Waals surface area contributed by atoms with Crippen molar-refractivity contribution in [1.29, 1.82) is 0 Å². The van der Waals surface area contributed by atoms with E-state index in [-0.39, 0.29) is 5.75 Å². The number of aromatic amines is 1. The number of H-pyrrole nitrogens is 1. The molecule has 4 heteroatoms. The van der Waals surface area contributed by atoms with Crippen molar-refractivity contribution < 1.29 is 5.11 Å². The van der Waals surface area contributed by atoms with Gasteiger partial charge in [-0.15, -0.1) is 0 Å². The van der Waals surface area contributed by atoms with Crippen molar-refractivity contribution >= 4 is 44.2 Å². The Morgan fingerprint density at radius 3 is 2.86 bits per heavy atom. The molecular formula is C17H13ClN2O. The van der Waals surface area contributed by atoms with Gasteiger partial charge in [-0.05, 0) is 41.0 Å². The first-order valence-electron chi connectivity index (χ1n) is 6.89. The molecular weight excluding hydrogens is 284 g/mol. The molecule has 0 unspecified atom stereocenters. The third-order valence-electron chi connectivity index (χ3n) is 4.01. The minimum absolute atomic E-state index is 0.264. The third-order valence-corrected chi connectivity index (χ3v) is 4.29. The molecule has 2 aromatic heterocycles. The van der Waals surface area contributed by atoms with Crippen molar-refractivity contribution in [1.82, 2.24) is 9.97 Å². The van der Waals surface area contributed by atoms with Crippen LogP contribution in [0.4, 0.5) is 0 Å². The number of nitrogens with one attached hydrogen (secondary N) is 1. The number of aromatic nitrogens is 2. The molecule has 4 rings (SSSR count). The van der Waals surface area contributed by atoms with E-state index in [0.717, 1.165) is 44.6 Å². The van der Waals surface area contributed by atoms with Crippen LogP contribution in [-0.2, 0) is 6.42 Å². The van der Waals surface area contributed by atoms with Gasteiger partial charge in [-0.25, -0.2) is 4.98 Å². The summed E-state index contributed by atoms with van der Waals surface area (Å²) in [5.41, 5.74) is 3.23. The van der Waals surface area contributed by atoms with E-state index < -0.39 is 0 Å². The molecule has 2 heterocycles. The maximum atomic E-state index is 9.66. The van der Waals surface area contributed by atoms with Crippen molar-refractivity contribution in [3.8, 4) is 5.75 Å². The first kappa shape index (κ1) is 12.5. The molecule has 0 aliphatic heterocycles. The smallest absolute Gasteiger partial charge is 0.139 e. The van der Waals surface area contributed by atoms with Crippen LogP contribution in [0.2, 0.25) is 5.15 Å². The maximum absolute atomic E-state index is 9.66. The van der Waals surface area contributed by atoms with E-state index in [1.54, 1.807) is 12.1 Å². The number of rotatable bonds is 1. The van der Waals surface area contributed by atoms with Gasteiger partial charge in [0.1, 0.15) is 10.9 Å². The Morgan fingerprint density at radius 2 is 2.05 bits per heavy atom. The number of hydrogen-bond donors (Lipinski definition) is 2. The number of fused-ring (bicyclic) bond motifs is 5. The molecule has 0 bridgehead atoms. The second kappa shape index (κ2) is 4.37. The van der Waals surface area contributed by atoms with Crippen molar-refractivity contribution in [2.45, 2.75) is 13.3 Å². The predicted octanol–water partition coefficient (Wildman–Crippen LogP) is 4.79. The summed E-state index contributed by atoms with van der Waals surface area (Å²) in [5, 5.41) is 14.2. The zero-order valence-electron chi connectivity index (χ0n) is 11.4. The molecule has 0 saturated carbocycles. The standard InChI is InChI=1S/C17H13ClN2O/c1-2-9-8-19-17(18)15-14-12-5-4-11(21)7-10(12)3-6-13(14)20-16(9)15/h3-8,20-21H,2H2,1H3. The van der Waals surface area contributed by atoms with Gasteiger partial charge in [-0.1, -0.05) is 30.7 Å². The zero-order valence-corrected chi connectivity index (χ0v) is 12.2. The van der Waals surface area contributed by atoms with Crippen molar-refractivity contribution in [3.63, 3.8) is 0 Å². The molecule has 0 atom stereocenters. The molecule has 21 heavy (non-hydrogen) atoms. The summed E-state index contributed by atoms with van der Waals surface area (Å²) in [4.78, 5) is 7.78. The van der Waals surface area contributed by atoms with Crippen LogP contribution in [0, 0.1) is 0 Å². The Kier molecular flexibility index (Phi) is 2.59. The topological polar surface area (TPSA) is 48.9 Å². The molecule has 0 aliphatic rings. The summed E-state index contributed by atoms with van der Waals surface area (Å²) in [7, 11) is 0. The number of pyridine rings is 1. The average Bonchev–Trinajstić information content (AvgIpc) is 2.88. The van der Waals surface area contributed by atoms with Gasteiger partial charge >= 0.3 is 0 Å². The summed E-state index contributed by atoms with van der Waals surface area (Å²) in [6.45, 7) is 2.10. The molecule has 0 fully saturated rings. The third kappa shape index (κ3) is 1.71. The van der Waals surface area contributed by atoms with E-state index in [9.17, 15) is 5.11 Å². The van der Waals surface area contributed by atoms with E-state index in [1.807, 2.05) is 24.4 Å². The van der Waals surface area contributed by atoms with Crippen LogP contribution in [0.5, 0.6) is 5.75 Å². The Hall–Kier alpha value is -2.26. The van der Waals surface area contributed by atoms with Crippen LogP contribution in [0.1, 0.15) is 12.5 Å². The molecule has 4 aromatic rings. The van der Waals surface area contributed by atoms with Gasteiger partial charge in [0.2, 0.25) is 0 Å². The Balaban J connectivity index is 2.30. The maximum Gasteiger partial charge on any atom is 0.139 e. The molecule has 104 valence electrons. The second-order valence-electron chi connectivity index (χ2n) is 5.20. The summed E-state index contributed by atoms with van der Waals surface area (Å²) in [6, 6.07) is 9.41. The lowest BCUT2D eigenvalue weighted by Crippen LogP contribution is -1.86. The molecule has 0 amide bonds. The molecule has 0 aliphatic carbocycles. The Labute approximate surface area is 126 Å². The number of nitrogens with zero attached hydrogens (tertiary/aromatic N) is 1. The highest BCUT2D eigenvalue weighted by Crippen LogP contribution is 2.37. The van der Waals surface area contributed by atoms with Crippen LogP contribution < -0.4 is 0 Å². The molecule has 2 N–H and O–H groups in total. The summed E-state index contributed by atoms with van der Waals surface area (Å²) in [6.07, 6.45) is 2.72. The lowest BCUT2D eigenvalue weighted by Gasteiger charge is -2.03. The molecule has 3 nitrogen and oxygen atoms in total. The van der Waals surface area contributed by atoms with Gasteiger partial charge in [0, 0.05) is 22.5 Å². The van der Waals surface area contributed by atoms with Crippen LogP contribution in [-0.4, -0.2) is 15.1 Å². The van der Waals surface area contributed by atoms with E-state index in [2.05, 4.69) is 16.9 Å². The second-order valence-corrected chi connectivity index (χ2v) is 5.55. The van der Waals surface area contributed by atoms with E-state index in [0.29, 0.717) is 5.15 Å². The van der Waals surface area contributed by atoms with Crippen LogP contribution >= 0.6 is 11.6 Å². The van der Waals surface area contributed by atoms with E-state index >= 15 is 0 Å². The minimum Gasteiger partial charge on any atom is -0.508 e. The first-order chi connectivity index (χ1) is 10.2. The number of halogens is 1. The first-order valence-corrected chi connectivity index (χ1v) is 7.27. The van der Waals surface area contributed by atoms with Gasteiger partial charge in [-0.2, -0.15) is 0 Å². The highest BCUT2D eigenvalue weighted by molar-refractivity contribution is 6.38. The molecule has 2 aromatic carbocycles. The van der Waals surface area contributed by atoms with Gasteiger partial charge < -0.3 is 10.1 Å². The Bertz CT molecular complexity index is 1000. The zero-order chi connectivity index (χ0) is 14.6. The summed E-state index contributed by atoms with van der Waals surface area (Å²) >= 11 is 6.36. The average molecular weight is 297 g/mol. The SMILES string of the molecule is CCc1cnc(Cl)c2c1[nH]c1ccc3cc(O)ccc3c12. The molecule has 0 spiro atoms. The van der Waals surface area contributed by atoms with Crippen molar-refractivity contribution in [2.75, 3.05) is 0 Å². The molecule has 0 radical (unpaired) electrons. The van der Waals surface area contributed by atoms with Gasteiger partial charge in [0.15, 0.2) is 0 Å². The summed E-state index contributed by atoms with van der Waals surface area (Å²) in [5.74, 6) is 0.264. The fourth-order valence-corrected chi connectivity index (χ4v) is 3.23. The lowest BCUT2D eigenvalue weighted by atomic mass is 10.0. The fraction of sp³-hybridized carbons (Fsp3) is 0.118. The Morgan fingerprint density at radius 1 is 1.19 bits per heavy atom. The normalized spacial score (nSPS) is 11.7. The van der Waals surface area contributed by atoms with Crippen molar-refractivity contribution in [2.24, 2.45) is 0 Å². The van der Waals surface area contributed by atoms with Crippen LogP contribution in [0.3, 0.4) is 0 Å². The lowest BCUT2D eigenvalue weighted by molar-refractivity contribution is 0.476. The van der Waals surface area contributed by atoms with Gasteiger partial charge in [0.05, 0.1) is 5.52 Å². The predicted molar refractivity (Wildman–Crippen MR) is 87.2 cm³/mol. The van der Waals surface area contributed by atoms with Gasteiger partial charge in [0.25, 0.3) is 0 Å². The number of benzene rings is 2. The summed E-state index contributed by atoms with van der Waals surface area (Å²) < 4.78 is 0. The van der Waals surface area contributed by atoms with E-state index in [4.69, 9.17) is 11.6 Å². The van der Waals surface area contributed by atoms with E-state index in [1.165, 1.54) is 0 Å². The highest BCUT2D eigenvalue weighted by Gasteiger charge is 2.14. The number of aromatic hydroxyl groups is 1. The number of aryl methyl sites for hydroxylation is 1. The molecule has 0 saturated heterocycles. The van der Waals surface area contributed by atoms with Crippen LogP contribution in [0.25, 0.3) is 32.6 Å². The number of hydrogen-bond acceptors (Lipinski definition) is 2. The van der Waals surface area contributed by atoms with Crippen LogP contribution in [0.15, 0.2) is 36.5 Å². The largest absolute Gasteiger partial charge is 0.508 e. The van der Waals surface area contributed by atoms with Crippen molar-refractivity contribution in [3.05, 3.63) is 47.2 Å².